The SMILES string of the molecule is CCNCC(=O)Oc1c(C)cc(C[n+]2cnn(CC(OC(=O)C(F)(F)F)(c3ccc(F)cc3F)C(C)c3nc(-c4ccc(C#N)cc4)cs3)c2)cc1C.[Br-]. The number of carbonyl (C=O) groups is 2. The Morgan fingerprint density at radius 3 is 2.37 bits per heavy atom. The number of hydrogen-bond acceptors (Lipinski definition) is 9. The summed E-state index contributed by atoms with van der Waals surface area (Å²) in [7, 11) is 0. The second-order valence-electron chi connectivity index (χ2n) is 12.3. The van der Waals surface area contributed by atoms with Gasteiger partial charge in [0.1, 0.15) is 28.9 Å². The van der Waals surface area contributed by atoms with Crippen molar-refractivity contribution in [3.63, 3.8) is 0 Å². The molecular weight excluding hydrogens is 799 g/mol. The molecule has 2 aromatic heterocycles. The molecule has 0 bridgehead atoms. The third-order valence-electron chi connectivity index (χ3n) is 8.44. The molecule has 0 saturated carbocycles. The number of nitrogens with zero attached hydrogens (tertiary/aromatic N) is 5. The van der Waals surface area contributed by atoms with Gasteiger partial charge in [-0.2, -0.15) is 18.4 Å². The average molecular weight is 834 g/mol. The van der Waals surface area contributed by atoms with Gasteiger partial charge in [-0.05, 0) is 73.5 Å². The van der Waals surface area contributed by atoms with E-state index in [1.54, 1.807) is 48.1 Å². The summed E-state index contributed by atoms with van der Waals surface area (Å²) in [4.78, 5) is 29.5. The summed E-state index contributed by atoms with van der Waals surface area (Å²) < 4.78 is 85.2. The van der Waals surface area contributed by atoms with Gasteiger partial charge in [-0.3, -0.25) is 4.79 Å². The maximum atomic E-state index is 15.7. The van der Waals surface area contributed by atoms with Crippen molar-refractivity contribution < 1.29 is 62.6 Å². The quantitative estimate of drug-likeness (QED) is 0.0830. The highest BCUT2D eigenvalue weighted by atomic mass is 79.9. The van der Waals surface area contributed by atoms with Crippen molar-refractivity contribution in [1.82, 2.24) is 20.1 Å². The number of aryl methyl sites for hydroxylation is 2. The van der Waals surface area contributed by atoms with E-state index in [9.17, 15) is 27.2 Å². The molecule has 0 radical (unpaired) electrons. The van der Waals surface area contributed by atoms with Crippen LogP contribution in [0.1, 0.15) is 52.6 Å². The highest BCUT2D eigenvalue weighted by Gasteiger charge is 2.53. The van der Waals surface area contributed by atoms with Gasteiger partial charge in [0.05, 0.1) is 36.3 Å². The van der Waals surface area contributed by atoms with Crippen LogP contribution in [0.2, 0.25) is 0 Å². The van der Waals surface area contributed by atoms with Crippen LogP contribution in [0.5, 0.6) is 5.75 Å². The fourth-order valence-corrected chi connectivity index (χ4v) is 6.84. The molecule has 10 nitrogen and oxygen atoms in total. The van der Waals surface area contributed by atoms with Crippen LogP contribution in [0.15, 0.2) is 72.6 Å². The monoisotopic (exact) mass is 832 g/mol. The number of carbonyl (C=O) groups excluding carboxylic acids is 2. The molecule has 0 aliphatic rings. The number of likely N-dealkylation sites (N-methyl/N-ethyl adjacent to an activating group) is 1. The van der Waals surface area contributed by atoms with Gasteiger partial charge in [0, 0.05) is 27.7 Å². The number of hydrogen-bond donors (Lipinski definition) is 1. The Balaban J connectivity index is 0.00000650. The van der Waals surface area contributed by atoms with Crippen LogP contribution in [0.25, 0.3) is 11.3 Å². The summed E-state index contributed by atoms with van der Waals surface area (Å²) >= 11 is 1.04. The lowest BCUT2D eigenvalue weighted by Crippen LogP contribution is -3.00. The molecule has 0 aliphatic carbocycles. The maximum absolute atomic E-state index is 15.7. The lowest BCUT2D eigenvalue weighted by atomic mass is 9.81. The Hall–Kier alpha value is -5.05. The van der Waals surface area contributed by atoms with Crippen molar-refractivity contribution in [2.45, 2.75) is 58.5 Å². The summed E-state index contributed by atoms with van der Waals surface area (Å²) in [5, 5.41) is 18.2. The predicted molar refractivity (Wildman–Crippen MR) is 182 cm³/mol. The van der Waals surface area contributed by atoms with Crippen molar-refractivity contribution >= 4 is 23.3 Å². The molecule has 2 unspecified atom stereocenters. The second-order valence-corrected chi connectivity index (χ2v) is 13.2. The summed E-state index contributed by atoms with van der Waals surface area (Å²) in [6.07, 6.45) is -2.63. The molecule has 2 atom stereocenters. The van der Waals surface area contributed by atoms with E-state index in [-0.39, 0.29) is 35.1 Å². The first kappa shape index (κ1) is 41.7. The van der Waals surface area contributed by atoms with E-state index in [4.69, 9.17) is 14.7 Å². The van der Waals surface area contributed by atoms with E-state index in [1.165, 1.54) is 24.3 Å². The number of aromatic nitrogens is 4. The lowest BCUT2D eigenvalue weighted by molar-refractivity contribution is -0.689. The number of alkyl halides is 3. The molecule has 2 heterocycles. The molecule has 284 valence electrons. The number of rotatable bonds is 13. The van der Waals surface area contributed by atoms with Gasteiger partial charge in [0.25, 0.3) is 6.33 Å². The van der Waals surface area contributed by atoms with Crippen molar-refractivity contribution in [1.29, 1.82) is 5.26 Å². The lowest BCUT2D eigenvalue weighted by Gasteiger charge is -2.36. The molecule has 0 fully saturated rings. The number of halogens is 6. The number of nitrogens with one attached hydrogen (secondary N) is 1. The number of ether oxygens (including phenoxy) is 2. The summed E-state index contributed by atoms with van der Waals surface area (Å²) in [5.74, 6) is -6.08. The van der Waals surface area contributed by atoms with Crippen molar-refractivity contribution in [2.24, 2.45) is 0 Å². The van der Waals surface area contributed by atoms with E-state index in [2.05, 4.69) is 15.4 Å². The number of nitriles is 1. The zero-order valence-electron chi connectivity index (χ0n) is 29.4. The number of thiazole rings is 1. The van der Waals surface area contributed by atoms with Gasteiger partial charge in [-0.1, -0.05) is 26.0 Å². The highest BCUT2D eigenvalue weighted by Crippen LogP contribution is 2.45. The smallest absolute Gasteiger partial charge is 0.490 e. The van der Waals surface area contributed by atoms with Crippen LogP contribution in [-0.2, 0) is 33.0 Å². The topological polar surface area (TPSA) is 123 Å². The fourth-order valence-electron chi connectivity index (χ4n) is 5.87. The zero-order chi connectivity index (χ0) is 38.5. The van der Waals surface area contributed by atoms with Gasteiger partial charge >= 0.3 is 18.1 Å². The fraction of sp³-hybridized carbons (Fsp3) is 0.297. The predicted octanol–water partition coefficient (Wildman–Crippen LogP) is 3.43. The molecule has 1 N–H and O–H groups in total. The molecule has 54 heavy (non-hydrogen) atoms. The molecule has 17 heteroatoms. The molecular formula is C37H34BrF5N6O4S. The summed E-state index contributed by atoms with van der Waals surface area (Å²) in [5.41, 5.74) is 0.622. The van der Waals surface area contributed by atoms with Gasteiger partial charge in [-0.15, -0.1) is 16.0 Å². The van der Waals surface area contributed by atoms with E-state index >= 15 is 4.39 Å². The maximum Gasteiger partial charge on any atom is 0.490 e. The Kier molecular flexibility index (Phi) is 13.4. The van der Waals surface area contributed by atoms with E-state index in [0.29, 0.717) is 46.3 Å². The third kappa shape index (κ3) is 9.54. The van der Waals surface area contributed by atoms with Crippen LogP contribution in [0.4, 0.5) is 22.0 Å². The van der Waals surface area contributed by atoms with Crippen molar-refractivity contribution in [2.75, 3.05) is 13.1 Å². The van der Waals surface area contributed by atoms with Crippen LogP contribution in [0.3, 0.4) is 0 Å². The zero-order valence-corrected chi connectivity index (χ0v) is 31.8. The molecule has 0 spiro atoms. The normalized spacial score (nSPS) is 13.0. The van der Waals surface area contributed by atoms with Gasteiger partial charge in [0.15, 0.2) is 5.60 Å². The minimum atomic E-state index is -5.47. The Labute approximate surface area is 321 Å². The van der Waals surface area contributed by atoms with Crippen LogP contribution in [0, 0.1) is 36.8 Å². The van der Waals surface area contributed by atoms with Gasteiger partial charge in [0.2, 0.25) is 6.33 Å². The molecule has 0 aliphatic heterocycles. The number of esters is 2. The third-order valence-corrected chi connectivity index (χ3v) is 9.47. The Morgan fingerprint density at radius 1 is 1.07 bits per heavy atom. The first-order valence-corrected chi connectivity index (χ1v) is 17.2. The van der Waals surface area contributed by atoms with Crippen molar-refractivity contribution in [3.8, 4) is 23.1 Å². The second kappa shape index (κ2) is 17.4. The Morgan fingerprint density at radius 2 is 1.76 bits per heavy atom. The molecule has 0 saturated heterocycles. The van der Waals surface area contributed by atoms with Gasteiger partial charge < -0.3 is 31.8 Å². The van der Waals surface area contributed by atoms with Crippen LogP contribution < -0.4 is 31.6 Å². The summed E-state index contributed by atoms with van der Waals surface area (Å²) in [6.45, 7) is 7.12. The number of benzene rings is 3. The molecule has 5 rings (SSSR count). The Bertz CT molecular complexity index is 2150. The standard InChI is InChI=1S/C37H34F5N6O4S.BrH/c1-5-44-16-32(49)51-33-22(2)12-26(13-23(33)3)17-47-20-45-48(21-47)19-36(52-35(50)37(40,41)42,29-11-10-28(38)14-30(29)39)24(4)34-46-31(18-53-34)27-8-6-25(15-43)7-9-27;/h6-14,18,20-21,24,44H,5,16-17,19H2,1-4H3;1H/q+1;/p-1. The largest absolute Gasteiger partial charge is 1.00 e. The molecule has 3 aromatic carbocycles. The average Bonchev–Trinajstić information content (AvgIpc) is 3.78. The van der Waals surface area contributed by atoms with E-state index < -0.39 is 53.4 Å². The minimum Gasteiger partial charge on any atom is -1.00 e. The van der Waals surface area contributed by atoms with Crippen LogP contribution in [-0.4, -0.2) is 46.0 Å². The minimum absolute atomic E-state index is 0. The first-order valence-electron chi connectivity index (χ1n) is 16.3. The van der Waals surface area contributed by atoms with E-state index in [0.717, 1.165) is 29.0 Å². The summed E-state index contributed by atoms with van der Waals surface area (Å²) in [6, 6.07) is 14.4. The first-order chi connectivity index (χ1) is 25.1. The van der Waals surface area contributed by atoms with E-state index in [1.807, 2.05) is 25.1 Å². The molecule has 0 amide bonds. The molecule has 5 aromatic rings. The van der Waals surface area contributed by atoms with Crippen molar-refractivity contribution in [3.05, 3.63) is 117 Å². The van der Waals surface area contributed by atoms with Crippen LogP contribution >= 0.6 is 11.3 Å². The van der Waals surface area contributed by atoms with Gasteiger partial charge in [-0.25, -0.2) is 23.1 Å². The highest BCUT2D eigenvalue weighted by molar-refractivity contribution is 7.10.